The van der Waals surface area contributed by atoms with Gasteiger partial charge in [0.1, 0.15) is 12.1 Å². The standard InChI is InChI=1S/C22H23N7O2S/c30-22(17-5-6-19(24-15-17)29-9-7-23-16-29)28-12-10-27(11-13-28)8-1-4-20-25-21(26-31-20)18-3-2-14-32-18/h2-3,5-7,9,14-16H,1,4,8,10-13H2. The van der Waals surface area contributed by atoms with Crippen LogP contribution in [-0.2, 0) is 6.42 Å². The lowest BCUT2D eigenvalue weighted by atomic mass is 10.2. The van der Waals surface area contributed by atoms with Crippen LogP contribution in [0.2, 0.25) is 0 Å². The quantitative estimate of drug-likeness (QED) is 0.428. The summed E-state index contributed by atoms with van der Waals surface area (Å²) < 4.78 is 7.18. The summed E-state index contributed by atoms with van der Waals surface area (Å²) in [5, 5.41) is 6.06. The molecule has 0 spiro atoms. The Labute approximate surface area is 189 Å². The number of aryl methyl sites for hydroxylation is 1. The highest BCUT2D eigenvalue weighted by molar-refractivity contribution is 7.13. The van der Waals surface area contributed by atoms with Crippen LogP contribution in [0.15, 0.2) is 59.1 Å². The molecule has 0 N–H and O–H groups in total. The Hall–Kier alpha value is -3.37. The summed E-state index contributed by atoms with van der Waals surface area (Å²) in [5.74, 6) is 2.11. The summed E-state index contributed by atoms with van der Waals surface area (Å²) >= 11 is 1.60. The number of thiophene rings is 1. The van der Waals surface area contributed by atoms with Crippen molar-refractivity contribution in [2.24, 2.45) is 0 Å². The number of pyridine rings is 1. The molecule has 0 bridgehead atoms. The van der Waals surface area contributed by atoms with E-state index >= 15 is 0 Å². The largest absolute Gasteiger partial charge is 0.339 e. The van der Waals surface area contributed by atoms with E-state index in [2.05, 4.69) is 25.0 Å². The lowest BCUT2D eigenvalue weighted by molar-refractivity contribution is 0.0635. The van der Waals surface area contributed by atoms with Gasteiger partial charge in [-0.15, -0.1) is 11.3 Å². The van der Waals surface area contributed by atoms with Crippen LogP contribution in [0.25, 0.3) is 16.5 Å². The Kier molecular flexibility index (Phi) is 6.04. The van der Waals surface area contributed by atoms with Crippen molar-refractivity contribution in [1.82, 2.24) is 34.5 Å². The number of aromatic nitrogens is 5. The molecular formula is C22H23N7O2S. The van der Waals surface area contributed by atoms with Crippen LogP contribution in [-0.4, -0.2) is 73.1 Å². The van der Waals surface area contributed by atoms with Crippen LogP contribution in [0.5, 0.6) is 0 Å². The first-order chi connectivity index (χ1) is 15.8. The number of carbonyl (C=O) groups excluding carboxylic acids is 1. The molecule has 0 saturated carbocycles. The molecule has 9 nitrogen and oxygen atoms in total. The molecule has 164 valence electrons. The van der Waals surface area contributed by atoms with Gasteiger partial charge < -0.3 is 9.42 Å². The molecular weight excluding hydrogens is 426 g/mol. The Bertz CT molecular complexity index is 1130. The molecule has 0 atom stereocenters. The van der Waals surface area contributed by atoms with Crippen molar-refractivity contribution in [3.8, 4) is 16.5 Å². The fourth-order valence-corrected chi connectivity index (χ4v) is 4.38. The van der Waals surface area contributed by atoms with Crippen molar-refractivity contribution < 1.29 is 9.32 Å². The van der Waals surface area contributed by atoms with E-state index in [4.69, 9.17) is 4.52 Å². The van der Waals surface area contributed by atoms with E-state index in [1.807, 2.05) is 45.3 Å². The Morgan fingerprint density at radius 1 is 1.16 bits per heavy atom. The molecule has 0 radical (unpaired) electrons. The topological polar surface area (TPSA) is 93.2 Å². The first-order valence-electron chi connectivity index (χ1n) is 10.6. The molecule has 0 unspecified atom stereocenters. The van der Waals surface area contributed by atoms with Gasteiger partial charge in [0, 0.05) is 51.2 Å². The third-order valence-corrected chi connectivity index (χ3v) is 6.36. The minimum Gasteiger partial charge on any atom is -0.339 e. The van der Waals surface area contributed by atoms with Gasteiger partial charge in [-0.2, -0.15) is 4.98 Å². The summed E-state index contributed by atoms with van der Waals surface area (Å²) in [5.41, 5.74) is 0.611. The highest BCUT2D eigenvalue weighted by Gasteiger charge is 2.22. The van der Waals surface area contributed by atoms with Crippen LogP contribution >= 0.6 is 11.3 Å². The van der Waals surface area contributed by atoms with Crippen LogP contribution in [0.4, 0.5) is 0 Å². The van der Waals surface area contributed by atoms with Crippen molar-refractivity contribution in [3.63, 3.8) is 0 Å². The van der Waals surface area contributed by atoms with Gasteiger partial charge in [0.15, 0.2) is 0 Å². The highest BCUT2D eigenvalue weighted by Crippen LogP contribution is 2.21. The fourth-order valence-electron chi connectivity index (χ4n) is 3.73. The summed E-state index contributed by atoms with van der Waals surface area (Å²) in [7, 11) is 0. The third-order valence-electron chi connectivity index (χ3n) is 5.50. The molecule has 1 aliphatic heterocycles. The molecule has 4 aromatic heterocycles. The number of carbonyl (C=O) groups is 1. The molecule has 1 aliphatic rings. The lowest BCUT2D eigenvalue weighted by Gasteiger charge is -2.34. The van der Waals surface area contributed by atoms with E-state index in [0.29, 0.717) is 30.4 Å². The van der Waals surface area contributed by atoms with Gasteiger partial charge in [0.05, 0.1) is 10.4 Å². The smallest absolute Gasteiger partial charge is 0.255 e. The van der Waals surface area contributed by atoms with E-state index in [-0.39, 0.29) is 5.91 Å². The summed E-state index contributed by atoms with van der Waals surface area (Å²) in [6, 6.07) is 7.64. The number of imidazole rings is 1. The van der Waals surface area contributed by atoms with E-state index < -0.39 is 0 Å². The Morgan fingerprint density at radius 2 is 2.06 bits per heavy atom. The second kappa shape index (κ2) is 9.41. The fraction of sp³-hybridized carbons (Fsp3) is 0.318. The van der Waals surface area contributed by atoms with Crippen molar-refractivity contribution in [3.05, 3.63) is 66.0 Å². The Morgan fingerprint density at radius 3 is 2.78 bits per heavy atom. The second-order valence-corrected chi connectivity index (χ2v) is 8.55. The number of hydrogen-bond donors (Lipinski definition) is 0. The SMILES string of the molecule is O=C(c1ccc(-n2ccnc2)nc1)N1CCN(CCCc2nc(-c3cccs3)no2)CC1. The van der Waals surface area contributed by atoms with Crippen LogP contribution in [0.3, 0.4) is 0 Å². The molecule has 0 aliphatic carbocycles. The predicted molar refractivity (Wildman–Crippen MR) is 120 cm³/mol. The molecule has 10 heteroatoms. The minimum absolute atomic E-state index is 0.0290. The van der Waals surface area contributed by atoms with Gasteiger partial charge in [-0.25, -0.2) is 9.97 Å². The molecule has 1 amide bonds. The van der Waals surface area contributed by atoms with Gasteiger partial charge in [-0.3, -0.25) is 14.3 Å². The maximum absolute atomic E-state index is 12.8. The molecule has 5 heterocycles. The number of nitrogens with zero attached hydrogens (tertiary/aromatic N) is 7. The zero-order valence-electron chi connectivity index (χ0n) is 17.5. The normalized spacial score (nSPS) is 14.7. The predicted octanol–water partition coefficient (Wildman–Crippen LogP) is 2.77. The van der Waals surface area contributed by atoms with E-state index in [0.717, 1.165) is 43.2 Å². The average Bonchev–Trinajstić information content (AvgIpc) is 3.62. The Balaban J connectivity index is 1.07. The summed E-state index contributed by atoms with van der Waals surface area (Å²) in [6.07, 6.45) is 8.55. The number of hydrogen-bond acceptors (Lipinski definition) is 8. The van der Waals surface area contributed by atoms with Gasteiger partial charge in [-0.1, -0.05) is 11.2 Å². The molecule has 0 aromatic carbocycles. The van der Waals surface area contributed by atoms with Crippen LogP contribution in [0.1, 0.15) is 22.7 Å². The van der Waals surface area contributed by atoms with Gasteiger partial charge in [0.2, 0.25) is 11.7 Å². The van der Waals surface area contributed by atoms with Gasteiger partial charge in [-0.05, 0) is 36.5 Å². The maximum Gasteiger partial charge on any atom is 0.255 e. The van der Waals surface area contributed by atoms with Crippen molar-refractivity contribution in [2.45, 2.75) is 12.8 Å². The van der Waals surface area contributed by atoms with Crippen molar-refractivity contribution in [2.75, 3.05) is 32.7 Å². The lowest BCUT2D eigenvalue weighted by Crippen LogP contribution is -2.48. The first-order valence-corrected chi connectivity index (χ1v) is 11.5. The first kappa shape index (κ1) is 20.5. The van der Waals surface area contributed by atoms with Crippen molar-refractivity contribution in [1.29, 1.82) is 0 Å². The molecule has 4 aromatic rings. The average molecular weight is 450 g/mol. The van der Waals surface area contributed by atoms with E-state index in [9.17, 15) is 4.79 Å². The van der Waals surface area contributed by atoms with Crippen molar-refractivity contribution >= 4 is 17.2 Å². The highest BCUT2D eigenvalue weighted by atomic mass is 32.1. The number of rotatable bonds is 7. The molecule has 1 fully saturated rings. The number of piperazine rings is 1. The molecule has 1 saturated heterocycles. The maximum atomic E-state index is 12.8. The number of amides is 1. The minimum atomic E-state index is 0.0290. The zero-order valence-corrected chi connectivity index (χ0v) is 18.3. The summed E-state index contributed by atoms with van der Waals surface area (Å²) in [6.45, 7) is 4.09. The molecule has 32 heavy (non-hydrogen) atoms. The van der Waals surface area contributed by atoms with Crippen LogP contribution in [0, 0.1) is 0 Å². The third kappa shape index (κ3) is 4.61. The second-order valence-electron chi connectivity index (χ2n) is 7.60. The monoisotopic (exact) mass is 449 g/mol. The van der Waals surface area contributed by atoms with E-state index in [1.54, 1.807) is 30.1 Å². The van der Waals surface area contributed by atoms with Crippen LogP contribution < -0.4 is 0 Å². The zero-order chi connectivity index (χ0) is 21.8. The van der Waals surface area contributed by atoms with Gasteiger partial charge >= 0.3 is 0 Å². The van der Waals surface area contributed by atoms with Gasteiger partial charge in [0.25, 0.3) is 5.91 Å². The van der Waals surface area contributed by atoms with E-state index in [1.165, 1.54) is 0 Å². The summed E-state index contributed by atoms with van der Waals surface area (Å²) in [4.78, 5) is 31.0. The molecule has 5 rings (SSSR count).